The number of oxazole rings is 1. The summed E-state index contributed by atoms with van der Waals surface area (Å²) in [6, 6.07) is 3.92. The van der Waals surface area contributed by atoms with E-state index in [9.17, 15) is 4.79 Å². The van der Waals surface area contributed by atoms with Gasteiger partial charge in [0.25, 0.3) is 0 Å². The number of carbonyl (C=O) groups is 1. The van der Waals surface area contributed by atoms with Gasteiger partial charge in [0.15, 0.2) is 6.29 Å². The zero-order valence-electron chi connectivity index (χ0n) is 6.98. The zero-order valence-corrected chi connectivity index (χ0v) is 7.80. The number of hydrogen-bond acceptors (Lipinski definition) is 4. The van der Waals surface area contributed by atoms with Gasteiger partial charge in [-0.2, -0.15) is 0 Å². The Hall–Kier alpha value is -1.42. The molecule has 0 atom stereocenters. The lowest BCUT2D eigenvalue weighted by Gasteiger charge is -1.84. The molecule has 3 nitrogen and oxygen atoms in total. The van der Waals surface area contributed by atoms with Crippen molar-refractivity contribution in [3.05, 3.63) is 29.0 Å². The minimum atomic E-state index is 0.334. The third-order valence-corrected chi connectivity index (χ3v) is 2.58. The monoisotopic (exact) mass is 193 g/mol. The van der Waals surface area contributed by atoms with Gasteiger partial charge in [0.2, 0.25) is 5.89 Å². The fraction of sp³-hybridized carbons (Fsp3) is 0.111. The van der Waals surface area contributed by atoms with Crippen molar-refractivity contribution in [1.82, 2.24) is 4.98 Å². The van der Waals surface area contributed by atoms with Gasteiger partial charge in [-0.05, 0) is 19.1 Å². The molecule has 4 heteroatoms. The number of rotatable bonds is 2. The normalized spacial score (nSPS) is 10.2. The van der Waals surface area contributed by atoms with E-state index in [2.05, 4.69) is 4.98 Å². The van der Waals surface area contributed by atoms with Gasteiger partial charge in [0, 0.05) is 4.88 Å². The molecule has 2 aromatic rings. The molecule has 0 aliphatic rings. The molecule has 2 aromatic heterocycles. The van der Waals surface area contributed by atoms with E-state index in [1.54, 1.807) is 11.3 Å². The number of hydrogen-bond donors (Lipinski definition) is 0. The largest absolute Gasteiger partial charge is 0.443 e. The molecule has 2 rings (SSSR count). The lowest BCUT2D eigenvalue weighted by atomic mass is 10.4. The van der Waals surface area contributed by atoms with E-state index < -0.39 is 0 Å². The number of aldehydes is 1. The minimum Gasteiger partial charge on any atom is -0.443 e. The van der Waals surface area contributed by atoms with E-state index in [-0.39, 0.29) is 0 Å². The van der Waals surface area contributed by atoms with Gasteiger partial charge in [0.1, 0.15) is 12.0 Å². The maximum atomic E-state index is 10.3. The highest BCUT2D eigenvalue weighted by molar-refractivity contribution is 7.15. The van der Waals surface area contributed by atoms with Crippen molar-refractivity contribution < 1.29 is 9.21 Å². The third-order valence-electron chi connectivity index (χ3n) is 1.59. The van der Waals surface area contributed by atoms with Crippen molar-refractivity contribution in [3.63, 3.8) is 0 Å². The number of aromatic nitrogens is 1. The van der Waals surface area contributed by atoms with Crippen LogP contribution in [0.3, 0.4) is 0 Å². The predicted octanol–water partition coefficient (Wildman–Crippen LogP) is 2.52. The highest BCUT2D eigenvalue weighted by Gasteiger charge is 2.07. The van der Waals surface area contributed by atoms with Crippen molar-refractivity contribution in [3.8, 4) is 10.8 Å². The quantitative estimate of drug-likeness (QED) is 0.688. The molecule has 13 heavy (non-hydrogen) atoms. The molecule has 0 fully saturated rings. The van der Waals surface area contributed by atoms with E-state index in [4.69, 9.17) is 4.42 Å². The average Bonchev–Trinajstić information content (AvgIpc) is 2.71. The number of thiophene rings is 1. The Kier molecular flexibility index (Phi) is 1.98. The highest BCUT2D eigenvalue weighted by atomic mass is 32.1. The summed E-state index contributed by atoms with van der Waals surface area (Å²) in [6.07, 6.45) is 2.03. The van der Waals surface area contributed by atoms with Gasteiger partial charge in [0.05, 0.1) is 4.88 Å². The van der Waals surface area contributed by atoms with Gasteiger partial charge in [-0.3, -0.25) is 4.79 Å². The topological polar surface area (TPSA) is 43.1 Å². The van der Waals surface area contributed by atoms with Crippen LogP contribution >= 0.6 is 11.3 Å². The Balaban J connectivity index is 2.40. The summed E-state index contributed by atoms with van der Waals surface area (Å²) in [5, 5.41) is 0. The average molecular weight is 193 g/mol. The Morgan fingerprint density at radius 2 is 2.38 bits per heavy atom. The molecule has 0 aromatic carbocycles. The van der Waals surface area contributed by atoms with Crippen LogP contribution in [0.25, 0.3) is 10.8 Å². The molecule has 0 N–H and O–H groups in total. The minimum absolute atomic E-state index is 0.334. The standard InChI is InChI=1S/C9H7NO2S/c1-6-2-3-8(13-6)9-10-7(4-11)5-12-9/h2-5H,1H3. The Morgan fingerprint density at radius 3 is 2.92 bits per heavy atom. The summed E-state index contributed by atoms with van der Waals surface area (Å²) >= 11 is 1.59. The van der Waals surface area contributed by atoms with Crippen LogP contribution in [0.2, 0.25) is 0 Å². The molecular weight excluding hydrogens is 186 g/mol. The van der Waals surface area contributed by atoms with Crippen LogP contribution in [-0.2, 0) is 0 Å². The molecule has 0 aliphatic carbocycles. The van der Waals surface area contributed by atoms with Crippen LogP contribution in [0, 0.1) is 6.92 Å². The first-order valence-corrected chi connectivity index (χ1v) is 4.59. The first-order chi connectivity index (χ1) is 6.29. The Labute approximate surface area is 79.0 Å². The van der Waals surface area contributed by atoms with Crippen LogP contribution in [0.15, 0.2) is 22.8 Å². The van der Waals surface area contributed by atoms with E-state index in [0.717, 1.165) is 4.88 Å². The molecule has 0 bridgehead atoms. The summed E-state index contributed by atoms with van der Waals surface area (Å²) in [5.74, 6) is 0.514. The van der Waals surface area contributed by atoms with Crippen LogP contribution in [0.4, 0.5) is 0 Å². The first kappa shape index (κ1) is 8.19. The SMILES string of the molecule is Cc1ccc(-c2nc(C=O)co2)s1. The smallest absolute Gasteiger partial charge is 0.236 e. The lowest BCUT2D eigenvalue weighted by Crippen LogP contribution is -1.77. The summed E-state index contributed by atoms with van der Waals surface area (Å²) < 4.78 is 5.12. The van der Waals surface area contributed by atoms with E-state index in [1.807, 2.05) is 19.1 Å². The summed E-state index contributed by atoms with van der Waals surface area (Å²) in [4.78, 5) is 16.5. The molecule has 0 amide bonds. The summed E-state index contributed by atoms with van der Waals surface area (Å²) in [7, 11) is 0. The van der Waals surface area contributed by atoms with Crippen LogP contribution in [0.5, 0.6) is 0 Å². The Morgan fingerprint density at radius 1 is 1.54 bits per heavy atom. The zero-order chi connectivity index (χ0) is 9.26. The highest BCUT2D eigenvalue weighted by Crippen LogP contribution is 2.26. The van der Waals surface area contributed by atoms with Crippen molar-refractivity contribution >= 4 is 17.6 Å². The maximum Gasteiger partial charge on any atom is 0.236 e. The second-order valence-electron chi connectivity index (χ2n) is 2.61. The molecule has 0 saturated carbocycles. The predicted molar refractivity (Wildman–Crippen MR) is 49.9 cm³/mol. The fourth-order valence-corrected chi connectivity index (χ4v) is 1.80. The molecule has 0 saturated heterocycles. The van der Waals surface area contributed by atoms with Crippen LogP contribution in [0.1, 0.15) is 15.4 Å². The third kappa shape index (κ3) is 1.53. The van der Waals surface area contributed by atoms with E-state index in [1.165, 1.54) is 11.1 Å². The van der Waals surface area contributed by atoms with Crippen LogP contribution in [-0.4, -0.2) is 11.3 Å². The van der Waals surface area contributed by atoms with Crippen molar-refractivity contribution in [2.75, 3.05) is 0 Å². The van der Waals surface area contributed by atoms with Gasteiger partial charge >= 0.3 is 0 Å². The first-order valence-electron chi connectivity index (χ1n) is 3.77. The van der Waals surface area contributed by atoms with Crippen LogP contribution < -0.4 is 0 Å². The maximum absolute atomic E-state index is 10.3. The number of nitrogens with zero attached hydrogens (tertiary/aromatic N) is 1. The molecule has 0 spiro atoms. The van der Waals surface area contributed by atoms with Gasteiger partial charge < -0.3 is 4.42 Å². The fourth-order valence-electron chi connectivity index (χ4n) is 1.00. The van der Waals surface area contributed by atoms with E-state index in [0.29, 0.717) is 17.9 Å². The molecule has 0 unspecified atom stereocenters. The van der Waals surface area contributed by atoms with E-state index >= 15 is 0 Å². The molecule has 0 aliphatic heterocycles. The second kappa shape index (κ2) is 3.14. The van der Waals surface area contributed by atoms with Crippen molar-refractivity contribution in [2.24, 2.45) is 0 Å². The Bertz CT molecular complexity index is 430. The lowest BCUT2D eigenvalue weighted by molar-refractivity contribution is 0.111. The van der Waals surface area contributed by atoms with Crippen molar-refractivity contribution in [1.29, 1.82) is 0 Å². The molecule has 66 valence electrons. The molecular formula is C9H7NO2S. The second-order valence-corrected chi connectivity index (χ2v) is 3.89. The molecule has 2 heterocycles. The van der Waals surface area contributed by atoms with Gasteiger partial charge in [-0.25, -0.2) is 4.98 Å². The van der Waals surface area contributed by atoms with Crippen molar-refractivity contribution in [2.45, 2.75) is 6.92 Å². The summed E-state index contributed by atoms with van der Waals surface area (Å²) in [6.45, 7) is 2.01. The molecule has 0 radical (unpaired) electrons. The summed E-state index contributed by atoms with van der Waals surface area (Å²) in [5.41, 5.74) is 0.334. The number of carbonyl (C=O) groups excluding carboxylic acids is 1. The van der Waals surface area contributed by atoms with Gasteiger partial charge in [-0.15, -0.1) is 11.3 Å². The number of aryl methyl sites for hydroxylation is 1. The van der Waals surface area contributed by atoms with Gasteiger partial charge in [-0.1, -0.05) is 0 Å².